The Morgan fingerprint density at radius 1 is 1.32 bits per heavy atom. The molecule has 1 aromatic heterocycles. The Hall–Kier alpha value is -1.41. The lowest BCUT2D eigenvalue weighted by Gasteiger charge is -2.43. The smallest absolute Gasteiger partial charge is 0.196 e. The predicted octanol–water partition coefficient (Wildman–Crippen LogP) is 0.408. The molecule has 1 N–H and O–H groups in total. The zero-order chi connectivity index (χ0) is 15.6. The number of ether oxygens (including phenoxy) is 4. The first kappa shape index (κ1) is 15.5. The fourth-order valence-electron chi connectivity index (χ4n) is 2.96. The van der Waals surface area contributed by atoms with Crippen LogP contribution in [0.1, 0.15) is 12.1 Å². The largest absolute Gasteiger partial charge is 0.486 e. The summed E-state index contributed by atoms with van der Waals surface area (Å²) in [5.41, 5.74) is 0.888. The molecule has 0 radical (unpaired) electrons. The lowest BCUT2D eigenvalue weighted by Crippen LogP contribution is -2.57. The summed E-state index contributed by atoms with van der Waals surface area (Å²) < 4.78 is 21.8. The molecule has 0 saturated carbocycles. The number of pyridine rings is 1. The van der Waals surface area contributed by atoms with Gasteiger partial charge in [0.1, 0.15) is 19.3 Å². The van der Waals surface area contributed by atoms with E-state index in [1.807, 2.05) is 6.07 Å². The maximum absolute atomic E-state index is 10.3. The molecular weight excluding hydrogens is 288 g/mol. The second-order valence-corrected chi connectivity index (χ2v) is 5.54. The summed E-state index contributed by atoms with van der Waals surface area (Å²) in [7, 11) is 3.12. The van der Waals surface area contributed by atoms with E-state index < -0.39 is 11.9 Å². The Morgan fingerprint density at radius 2 is 2.05 bits per heavy atom. The summed E-state index contributed by atoms with van der Waals surface area (Å²) >= 11 is 0. The first-order valence-corrected chi connectivity index (χ1v) is 7.42. The molecule has 0 aromatic carbocycles. The third-order valence-electron chi connectivity index (χ3n) is 4.28. The van der Waals surface area contributed by atoms with Gasteiger partial charge in [-0.3, -0.25) is 9.88 Å². The van der Waals surface area contributed by atoms with Crippen molar-refractivity contribution in [3.63, 3.8) is 0 Å². The van der Waals surface area contributed by atoms with Crippen LogP contribution in [0.15, 0.2) is 12.3 Å². The molecule has 0 amide bonds. The molecule has 1 aromatic rings. The van der Waals surface area contributed by atoms with Gasteiger partial charge >= 0.3 is 0 Å². The highest BCUT2D eigenvalue weighted by Gasteiger charge is 2.43. The summed E-state index contributed by atoms with van der Waals surface area (Å²) in [6.07, 6.45) is 1.60. The van der Waals surface area contributed by atoms with Gasteiger partial charge in [-0.25, -0.2) is 0 Å². The number of β-amino-alcohol motifs (C(OH)–C–C–N with tert-alkyl or cyclic N) is 1. The number of rotatable bonds is 4. The number of hydrogen-bond acceptors (Lipinski definition) is 7. The molecule has 1 unspecified atom stereocenters. The molecule has 3 heterocycles. The Kier molecular flexibility index (Phi) is 4.49. The van der Waals surface area contributed by atoms with Crippen molar-refractivity contribution in [2.24, 2.45) is 0 Å². The summed E-state index contributed by atoms with van der Waals surface area (Å²) in [6, 6.07) is 1.90. The Morgan fingerprint density at radius 3 is 2.73 bits per heavy atom. The predicted molar refractivity (Wildman–Crippen MR) is 77.9 cm³/mol. The van der Waals surface area contributed by atoms with Crippen molar-refractivity contribution in [1.82, 2.24) is 9.88 Å². The molecule has 1 saturated heterocycles. The minimum Gasteiger partial charge on any atom is -0.486 e. The number of piperidine rings is 1. The Balaban J connectivity index is 1.65. The van der Waals surface area contributed by atoms with E-state index in [0.29, 0.717) is 38.5 Å². The molecule has 7 nitrogen and oxygen atoms in total. The average molecular weight is 310 g/mol. The third-order valence-corrected chi connectivity index (χ3v) is 4.28. The van der Waals surface area contributed by atoms with Gasteiger partial charge in [0.05, 0.1) is 11.9 Å². The van der Waals surface area contributed by atoms with Crippen LogP contribution in [-0.4, -0.2) is 67.4 Å². The third kappa shape index (κ3) is 2.89. The molecule has 122 valence electrons. The van der Waals surface area contributed by atoms with Crippen LogP contribution in [0.4, 0.5) is 0 Å². The van der Waals surface area contributed by atoms with E-state index in [9.17, 15) is 5.11 Å². The highest BCUT2D eigenvalue weighted by molar-refractivity contribution is 5.39. The molecule has 3 rings (SSSR count). The molecule has 2 aliphatic rings. The van der Waals surface area contributed by atoms with Gasteiger partial charge in [0.2, 0.25) is 0 Å². The molecule has 2 aliphatic heterocycles. The van der Waals surface area contributed by atoms with Gasteiger partial charge in [-0.05, 0) is 0 Å². The summed E-state index contributed by atoms with van der Waals surface area (Å²) in [4.78, 5) is 6.52. The lowest BCUT2D eigenvalue weighted by molar-refractivity contribution is -0.279. The van der Waals surface area contributed by atoms with Crippen molar-refractivity contribution in [2.75, 3.05) is 40.5 Å². The van der Waals surface area contributed by atoms with E-state index in [0.717, 1.165) is 18.0 Å². The normalized spacial score (nSPS) is 24.2. The van der Waals surface area contributed by atoms with Crippen LogP contribution < -0.4 is 9.47 Å². The molecular formula is C15H22N2O5. The van der Waals surface area contributed by atoms with Crippen molar-refractivity contribution in [2.45, 2.75) is 24.9 Å². The molecule has 7 heteroatoms. The standard InChI is InChI=1S/C15H22N2O5/c1-19-15(20-2)3-4-17(10-14(15)18)9-11-7-12-13(8-16-11)22-6-5-21-12/h7-8,14,18H,3-6,9-10H2,1-2H3. The number of aliphatic hydroxyl groups is 1. The second-order valence-electron chi connectivity index (χ2n) is 5.54. The number of nitrogens with zero attached hydrogens (tertiary/aromatic N) is 2. The fraction of sp³-hybridized carbons (Fsp3) is 0.667. The second kappa shape index (κ2) is 6.37. The highest BCUT2D eigenvalue weighted by Crippen LogP contribution is 2.31. The van der Waals surface area contributed by atoms with Crippen LogP contribution in [0.25, 0.3) is 0 Å². The topological polar surface area (TPSA) is 73.3 Å². The van der Waals surface area contributed by atoms with Crippen LogP contribution in [0, 0.1) is 0 Å². The zero-order valence-corrected chi connectivity index (χ0v) is 12.9. The van der Waals surface area contributed by atoms with Crippen LogP contribution in [0.3, 0.4) is 0 Å². The first-order valence-electron chi connectivity index (χ1n) is 7.42. The van der Waals surface area contributed by atoms with Crippen LogP contribution >= 0.6 is 0 Å². The highest BCUT2D eigenvalue weighted by atomic mass is 16.7. The van der Waals surface area contributed by atoms with Crippen molar-refractivity contribution in [3.8, 4) is 11.5 Å². The monoisotopic (exact) mass is 310 g/mol. The van der Waals surface area contributed by atoms with Crippen molar-refractivity contribution in [1.29, 1.82) is 0 Å². The number of aromatic nitrogens is 1. The van der Waals surface area contributed by atoms with Crippen molar-refractivity contribution >= 4 is 0 Å². The molecule has 1 atom stereocenters. The number of fused-ring (bicyclic) bond motifs is 1. The summed E-state index contributed by atoms with van der Waals surface area (Å²) in [5, 5.41) is 10.3. The minimum absolute atomic E-state index is 0.470. The van der Waals surface area contributed by atoms with Gasteiger partial charge in [-0.15, -0.1) is 0 Å². The van der Waals surface area contributed by atoms with Crippen molar-refractivity contribution < 1.29 is 24.1 Å². The molecule has 0 aliphatic carbocycles. The Labute approximate surface area is 129 Å². The fourth-order valence-corrected chi connectivity index (χ4v) is 2.96. The molecule has 1 fully saturated rings. The maximum Gasteiger partial charge on any atom is 0.196 e. The number of methoxy groups -OCH3 is 2. The number of aliphatic hydroxyl groups excluding tert-OH is 1. The van der Waals surface area contributed by atoms with Gasteiger partial charge in [0.25, 0.3) is 0 Å². The van der Waals surface area contributed by atoms with Gasteiger partial charge in [0, 0.05) is 46.3 Å². The SMILES string of the molecule is COC1(OC)CCN(Cc2cc3c(cn2)OCCO3)CC1O. The minimum atomic E-state index is -0.906. The van der Waals surface area contributed by atoms with Crippen LogP contribution in [0.5, 0.6) is 11.5 Å². The van der Waals surface area contributed by atoms with E-state index in [4.69, 9.17) is 18.9 Å². The van der Waals surface area contributed by atoms with E-state index in [-0.39, 0.29) is 0 Å². The van der Waals surface area contributed by atoms with Gasteiger partial charge < -0.3 is 24.1 Å². The van der Waals surface area contributed by atoms with E-state index >= 15 is 0 Å². The molecule has 0 bridgehead atoms. The van der Waals surface area contributed by atoms with Gasteiger partial charge in [0.15, 0.2) is 17.3 Å². The summed E-state index contributed by atoms with van der Waals surface area (Å²) in [6.45, 7) is 2.98. The summed E-state index contributed by atoms with van der Waals surface area (Å²) in [5.74, 6) is 0.514. The Bertz CT molecular complexity index is 521. The van der Waals surface area contributed by atoms with E-state index in [1.165, 1.54) is 0 Å². The van der Waals surface area contributed by atoms with Crippen molar-refractivity contribution in [3.05, 3.63) is 18.0 Å². The first-order chi connectivity index (χ1) is 10.7. The maximum atomic E-state index is 10.3. The van der Waals surface area contributed by atoms with Gasteiger partial charge in [-0.1, -0.05) is 0 Å². The quantitative estimate of drug-likeness (QED) is 0.807. The number of hydrogen-bond donors (Lipinski definition) is 1. The van der Waals surface area contributed by atoms with E-state index in [1.54, 1.807) is 20.4 Å². The lowest BCUT2D eigenvalue weighted by atomic mass is 10.00. The molecule has 0 spiro atoms. The van der Waals surface area contributed by atoms with Crippen LogP contribution in [0.2, 0.25) is 0 Å². The molecule has 22 heavy (non-hydrogen) atoms. The van der Waals surface area contributed by atoms with E-state index in [2.05, 4.69) is 9.88 Å². The average Bonchev–Trinajstić information content (AvgIpc) is 2.56. The number of likely N-dealkylation sites (tertiary alicyclic amines) is 1. The van der Waals surface area contributed by atoms with Crippen LogP contribution in [-0.2, 0) is 16.0 Å². The van der Waals surface area contributed by atoms with Gasteiger partial charge in [-0.2, -0.15) is 0 Å². The zero-order valence-electron chi connectivity index (χ0n) is 12.9.